The first-order chi connectivity index (χ1) is 24.1. The van der Waals surface area contributed by atoms with Crippen LogP contribution in [0.5, 0.6) is 11.5 Å². The Kier molecular flexibility index (Phi) is 9.46. The molecule has 2 N–H and O–H groups in total. The molecule has 266 valence electrons. The summed E-state index contributed by atoms with van der Waals surface area (Å²) in [4.78, 5) is 16.8. The van der Waals surface area contributed by atoms with E-state index in [0.717, 1.165) is 86.7 Å². The van der Waals surface area contributed by atoms with Crippen LogP contribution in [0.25, 0.3) is 11.1 Å². The molecule has 2 fully saturated rings. The first-order valence-electron chi connectivity index (χ1n) is 17.0. The van der Waals surface area contributed by atoms with Crippen molar-refractivity contribution in [2.75, 3.05) is 93.2 Å². The number of fused-ring (bicyclic) bond motifs is 1. The molecule has 0 bridgehead atoms. The molecule has 7 rings (SSSR count). The average molecular weight is 703 g/mol. The Morgan fingerprint density at radius 1 is 1.00 bits per heavy atom. The quantitative estimate of drug-likeness (QED) is 0.248. The van der Waals surface area contributed by atoms with Crippen LogP contribution in [0.2, 0.25) is 0 Å². The van der Waals surface area contributed by atoms with Gasteiger partial charge in [-0.2, -0.15) is 10.1 Å². The lowest BCUT2D eigenvalue weighted by Crippen LogP contribution is -2.52. The van der Waals surface area contributed by atoms with Gasteiger partial charge in [0.15, 0.2) is 0 Å². The molecule has 0 aliphatic carbocycles. The van der Waals surface area contributed by atoms with Crippen molar-refractivity contribution < 1.29 is 17.9 Å². The molecular weight excluding hydrogens is 657 g/mol. The van der Waals surface area contributed by atoms with Crippen LogP contribution in [0.4, 0.5) is 34.5 Å². The third-order valence-corrected chi connectivity index (χ3v) is 11.2. The minimum atomic E-state index is -3.51. The minimum Gasteiger partial charge on any atom is -0.494 e. The average Bonchev–Trinajstić information content (AvgIpc) is 3.76. The van der Waals surface area contributed by atoms with Gasteiger partial charge in [-0.1, -0.05) is 0 Å². The summed E-state index contributed by atoms with van der Waals surface area (Å²) in [6.07, 6.45) is 9.70. The highest BCUT2D eigenvalue weighted by atomic mass is 32.2. The summed E-state index contributed by atoms with van der Waals surface area (Å²) in [5.74, 6) is 2.22. The van der Waals surface area contributed by atoms with Gasteiger partial charge < -0.3 is 29.9 Å². The second-order valence-corrected chi connectivity index (χ2v) is 15.4. The number of aromatic nitrogens is 4. The van der Waals surface area contributed by atoms with Gasteiger partial charge in [0, 0.05) is 107 Å². The Labute approximate surface area is 294 Å². The van der Waals surface area contributed by atoms with Gasteiger partial charge in [-0.25, -0.2) is 13.4 Å². The molecule has 14 nitrogen and oxygen atoms in total. The molecule has 0 saturated carbocycles. The molecule has 0 amide bonds. The highest BCUT2D eigenvalue weighted by molar-refractivity contribution is 7.92. The standard InChI is InChI=1S/C35H46N10O4S/c1-41-13-15-44(16-14-41)26-7-11-45(12-8-26)30-21-33(48-4)29(19-27(30)25-22-37-42(2)23-25)39-35-36-10-6-34(40-35)38-28-20-32-24(9-17-49-32)18-31(28)43(3)50(5,46)47/h6,10,18-23,26H,7-9,11-17H2,1-5H3,(H2,36,38,39,40). The Bertz CT molecular complexity index is 1950. The van der Waals surface area contributed by atoms with Gasteiger partial charge in [0.05, 0.1) is 43.2 Å². The number of piperazine rings is 1. The van der Waals surface area contributed by atoms with E-state index < -0.39 is 10.0 Å². The summed E-state index contributed by atoms with van der Waals surface area (Å²) in [5.41, 5.74) is 5.90. The molecule has 5 heterocycles. The summed E-state index contributed by atoms with van der Waals surface area (Å²) >= 11 is 0. The van der Waals surface area contributed by atoms with Gasteiger partial charge in [0.1, 0.15) is 17.3 Å². The van der Waals surface area contributed by atoms with Crippen molar-refractivity contribution in [3.63, 3.8) is 0 Å². The number of likely N-dealkylation sites (N-methyl/N-ethyl adjacent to an activating group) is 1. The number of anilines is 6. The van der Waals surface area contributed by atoms with E-state index in [4.69, 9.17) is 14.5 Å². The lowest BCUT2D eigenvalue weighted by molar-refractivity contribution is 0.0982. The Hall–Kier alpha value is -4.60. The summed E-state index contributed by atoms with van der Waals surface area (Å²) in [7, 11) is 3.82. The van der Waals surface area contributed by atoms with E-state index in [1.54, 1.807) is 19.4 Å². The fraction of sp³-hybridized carbons (Fsp3) is 0.457. The number of ether oxygens (including phenoxy) is 2. The van der Waals surface area contributed by atoms with Crippen molar-refractivity contribution in [1.29, 1.82) is 0 Å². The highest BCUT2D eigenvalue weighted by Crippen LogP contribution is 2.42. The number of nitrogens with zero attached hydrogens (tertiary/aromatic N) is 8. The maximum atomic E-state index is 12.5. The molecule has 0 unspecified atom stereocenters. The smallest absolute Gasteiger partial charge is 0.232 e. The van der Waals surface area contributed by atoms with E-state index in [9.17, 15) is 8.42 Å². The molecule has 2 saturated heterocycles. The zero-order chi connectivity index (χ0) is 35.0. The zero-order valence-electron chi connectivity index (χ0n) is 29.4. The predicted molar refractivity (Wildman–Crippen MR) is 197 cm³/mol. The van der Waals surface area contributed by atoms with Crippen LogP contribution in [0, 0.1) is 0 Å². The van der Waals surface area contributed by atoms with E-state index in [1.165, 1.54) is 17.6 Å². The van der Waals surface area contributed by atoms with Gasteiger partial charge in [0.25, 0.3) is 0 Å². The van der Waals surface area contributed by atoms with Crippen LogP contribution in [-0.4, -0.2) is 117 Å². The van der Waals surface area contributed by atoms with Crippen LogP contribution in [0.15, 0.2) is 48.9 Å². The lowest BCUT2D eigenvalue weighted by Gasteiger charge is -2.43. The second-order valence-electron chi connectivity index (χ2n) is 13.4. The Morgan fingerprint density at radius 2 is 1.78 bits per heavy atom. The van der Waals surface area contributed by atoms with Crippen LogP contribution >= 0.6 is 0 Å². The second kappa shape index (κ2) is 14.0. The van der Waals surface area contributed by atoms with E-state index in [0.29, 0.717) is 47.2 Å². The maximum Gasteiger partial charge on any atom is 0.232 e. The largest absolute Gasteiger partial charge is 0.494 e. The van der Waals surface area contributed by atoms with E-state index in [2.05, 4.69) is 54.6 Å². The number of hydrogen-bond donors (Lipinski definition) is 2. The maximum absolute atomic E-state index is 12.5. The number of rotatable bonds is 10. The van der Waals surface area contributed by atoms with Crippen molar-refractivity contribution >= 4 is 44.5 Å². The Balaban J connectivity index is 1.16. The van der Waals surface area contributed by atoms with E-state index in [-0.39, 0.29) is 0 Å². The molecule has 50 heavy (non-hydrogen) atoms. The molecule has 0 spiro atoms. The molecule has 2 aromatic carbocycles. The molecule has 0 radical (unpaired) electrons. The van der Waals surface area contributed by atoms with Crippen molar-refractivity contribution in [3.05, 3.63) is 54.5 Å². The molecule has 15 heteroatoms. The summed E-state index contributed by atoms with van der Waals surface area (Å²) in [5, 5.41) is 11.2. The van der Waals surface area contributed by atoms with Gasteiger partial charge >= 0.3 is 0 Å². The molecule has 2 aromatic heterocycles. The first-order valence-corrected chi connectivity index (χ1v) is 18.9. The van der Waals surface area contributed by atoms with Gasteiger partial charge in [0.2, 0.25) is 16.0 Å². The first kappa shape index (κ1) is 33.9. The monoisotopic (exact) mass is 702 g/mol. The Morgan fingerprint density at radius 3 is 2.48 bits per heavy atom. The summed E-state index contributed by atoms with van der Waals surface area (Å²) < 4.78 is 39.8. The number of nitrogens with one attached hydrogen (secondary N) is 2. The fourth-order valence-corrected chi connectivity index (χ4v) is 7.55. The molecule has 3 aliphatic rings. The number of sulfonamides is 1. The van der Waals surface area contributed by atoms with Crippen LogP contribution < -0.4 is 29.3 Å². The molecular formula is C35H46N10O4S. The molecule has 0 atom stereocenters. The normalized spacial score (nSPS) is 17.3. The fourth-order valence-electron chi connectivity index (χ4n) is 7.05. The van der Waals surface area contributed by atoms with Crippen molar-refractivity contribution in [3.8, 4) is 22.6 Å². The van der Waals surface area contributed by atoms with E-state index >= 15 is 0 Å². The molecule has 4 aromatic rings. The van der Waals surface area contributed by atoms with Gasteiger partial charge in [-0.15, -0.1) is 0 Å². The number of aryl methyl sites for hydroxylation is 1. The highest BCUT2D eigenvalue weighted by Gasteiger charge is 2.29. The third-order valence-electron chi connectivity index (χ3n) is 10.0. The minimum absolute atomic E-state index is 0.349. The molecule has 3 aliphatic heterocycles. The van der Waals surface area contributed by atoms with Crippen LogP contribution in [-0.2, 0) is 23.5 Å². The number of benzene rings is 2. The van der Waals surface area contributed by atoms with Crippen molar-refractivity contribution in [2.45, 2.75) is 25.3 Å². The van der Waals surface area contributed by atoms with Crippen LogP contribution in [0.3, 0.4) is 0 Å². The van der Waals surface area contributed by atoms with E-state index in [1.807, 2.05) is 36.3 Å². The lowest BCUT2D eigenvalue weighted by atomic mass is 9.98. The topological polar surface area (TPSA) is 133 Å². The SMILES string of the molecule is COc1cc(N2CCC(N3CCN(C)CC3)CC2)c(-c2cnn(C)c2)cc1Nc1nccc(Nc2cc3c(cc2N(C)S(C)(=O)=O)CCO3)n1. The third kappa shape index (κ3) is 7.16. The zero-order valence-corrected chi connectivity index (χ0v) is 30.2. The van der Waals surface area contributed by atoms with Crippen molar-refractivity contribution in [2.24, 2.45) is 7.05 Å². The number of piperidine rings is 1. The predicted octanol–water partition coefficient (Wildman–Crippen LogP) is 3.92. The van der Waals surface area contributed by atoms with Crippen molar-refractivity contribution in [1.82, 2.24) is 29.5 Å². The van der Waals surface area contributed by atoms with Gasteiger partial charge in [-0.3, -0.25) is 13.9 Å². The number of hydrogen-bond acceptors (Lipinski definition) is 12. The summed E-state index contributed by atoms with van der Waals surface area (Å²) in [6, 6.07) is 10.2. The van der Waals surface area contributed by atoms with Crippen LogP contribution in [0.1, 0.15) is 18.4 Å². The number of methoxy groups -OCH3 is 1. The summed E-state index contributed by atoms with van der Waals surface area (Å²) in [6.45, 7) is 7.00. The van der Waals surface area contributed by atoms with Gasteiger partial charge in [-0.05, 0) is 43.7 Å².